The third-order valence-electron chi connectivity index (χ3n) is 3.42. The van der Waals surface area contributed by atoms with E-state index in [0.29, 0.717) is 12.8 Å². The highest BCUT2D eigenvalue weighted by molar-refractivity contribution is 6.01. The molecule has 1 fully saturated rings. The van der Waals surface area contributed by atoms with E-state index in [0.717, 1.165) is 37.4 Å². The molecular formula is C14H16F3N3O2. The van der Waals surface area contributed by atoms with Crippen LogP contribution in [-0.4, -0.2) is 25.0 Å². The maximum atomic E-state index is 12.4. The number of hydrogen-bond acceptors (Lipinski definition) is 3. The minimum atomic E-state index is -4.42. The lowest BCUT2D eigenvalue weighted by Crippen LogP contribution is -2.42. The van der Waals surface area contributed by atoms with Gasteiger partial charge < -0.3 is 10.6 Å². The maximum absolute atomic E-state index is 12.4. The van der Waals surface area contributed by atoms with Crippen molar-refractivity contribution in [3.05, 3.63) is 29.8 Å². The number of alkyl halides is 3. The molecular weight excluding hydrogens is 299 g/mol. The van der Waals surface area contributed by atoms with Gasteiger partial charge in [0.2, 0.25) is 5.91 Å². The van der Waals surface area contributed by atoms with Gasteiger partial charge in [-0.05, 0) is 50.2 Å². The molecule has 0 aliphatic carbocycles. The number of rotatable bonds is 2. The summed E-state index contributed by atoms with van der Waals surface area (Å²) in [4.78, 5) is 23.5. The predicted molar refractivity (Wildman–Crippen MR) is 74.2 cm³/mol. The molecule has 1 aromatic rings. The monoisotopic (exact) mass is 315 g/mol. The highest BCUT2D eigenvalue weighted by Crippen LogP contribution is 2.29. The highest BCUT2D eigenvalue weighted by atomic mass is 19.4. The summed E-state index contributed by atoms with van der Waals surface area (Å²) >= 11 is 0. The molecule has 3 N–H and O–H groups in total. The van der Waals surface area contributed by atoms with E-state index in [1.165, 1.54) is 0 Å². The quantitative estimate of drug-likeness (QED) is 0.784. The Morgan fingerprint density at radius 1 is 1.09 bits per heavy atom. The van der Waals surface area contributed by atoms with Gasteiger partial charge in [-0.2, -0.15) is 13.2 Å². The number of amides is 3. The Morgan fingerprint density at radius 2 is 1.68 bits per heavy atom. The minimum Gasteiger partial charge on any atom is -0.317 e. The lowest BCUT2D eigenvalue weighted by molar-refractivity contribution is -0.137. The van der Waals surface area contributed by atoms with Crippen LogP contribution < -0.4 is 16.0 Å². The Hall–Kier alpha value is -2.09. The number of hydrogen-bond donors (Lipinski definition) is 3. The summed E-state index contributed by atoms with van der Waals surface area (Å²) in [5, 5.41) is 7.65. The van der Waals surface area contributed by atoms with E-state index in [2.05, 4.69) is 16.0 Å². The summed E-state index contributed by atoms with van der Waals surface area (Å²) < 4.78 is 37.2. The fraction of sp³-hybridized carbons (Fsp3) is 0.429. The number of nitrogens with one attached hydrogen (secondary N) is 3. The van der Waals surface area contributed by atoms with Crippen molar-refractivity contribution in [3.63, 3.8) is 0 Å². The van der Waals surface area contributed by atoms with Gasteiger partial charge in [0.15, 0.2) is 0 Å². The standard InChI is InChI=1S/C14H16F3N3O2/c15-14(16,17)10-1-3-11(4-2-10)19-13(22)20-12(21)9-5-7-18-8-6-9/h1-4,9,18H,5-8H2,(H2,19,20,21,22). The number of imide groups is 1. The first-order valence-corrected chi connectivity index (χ1v) is 6.86. The summed E-state index contributed by atoms with van der Waals surface area (Å²) in [6.07, 6.45) is -3.12. The average Bonchev–Trinajstić information content (AvgIpc) is 2.47. The molecule has 0 radical (unpaired) electrons. The first kappa shape index (κ1) is 16.3. The molecule has 1 saturated heterocycles. The van der Waals surface area contributed by atoms with Gasteiger partial charge in [-0.1, -0.05) is 0 Å². The van der Waals surface area contributed by atoms with Crippen LogP contribution in [0.2, 0.25) is 0 Å². The molecule has 0 aromatic heterocycles. The molecule has 0 saturated carbocycles. The van der Waals surface area contributed by atoms with Gasteiger partial charge >= 0.3 is 12.2 Å². The van der Waals surface area contributed by atoms with Gasteiger partial charge in [0.25, 0.3) is 0 Å². The van der Waals surface area contributed by atoms with Crippen molar-refractivity contribution in [3.8, 4) is 0 Å². The Bertz CT molecular complexity index is 537. The number of anilines is 1. The minimum absolute atomic E-state index is 0.184. The zero-order valence-corrected chi connectivity index (χ0v) is 11.7. The van der Waals surface area contributed by atoms with E-state index in [1.807, 2.05) is 0 Å². The SMILES string of the molecule is O=C(NC(=O)C1CCNCC1)Nc1ccc(C(F)(F)F)cc1. The average molecular weight is 315 g/mol. The second-order valence-electron chi connectivity index (χ2n) is 5.04. The molecule has 2 rings (SSSR count). The Morgan fingerprint density at radius 3 is 2.23 bits per heavy atom. The Labute approximate surface area is 125 Å². The van der Waals surface area contributed by atoms with Crippen molar-refractivity contribution in [1.29, 1.82) is 0 Å². The van der Waals surface area contributed by atoms with E-state index in [-0.39, 0.29) is 17.5 Å². The number of carbonyl (C=O) groups excluding carboxylic acids is 2. The van der Waals surface area contributed by atoms with Crippen LogP contribution >= 0.6 is 0 Å². The third-order valence-corrected chi connectivity index (χ3v) is 3.42. The molecule has 1 aliphatic rings. The molecule has 22 heavy (non-hydrogen) atoms. The van der Waals surface area contributed by atoms with Crippen molar-refractivity contribution in [2.75, 3.05) is 18.4 Å². The van der Waals surface area contributed by atoms with Crippen LogP contribution in [0.1, 0.15) is 18.4 Å². The van der Waals surface area contributed by atoms with Crippen molar-refractivity contribution in [1.82, 2.24) is 10.6 Å². The molecule has 1 aliphatic heterocycles. The van der Waals surface area contributed by atoms with Gasteiger partial charge in [-0.15, -0.1) is 0 Å². The second-order valence-corrected chi connectivity index (χ2v) is 5.04. The summed E-state index contributed by atoms with van der Waals surface area (Å²) in [6.45, 7) is 1.44. The van der Waals surface area contributed by atoms with Crippen LogP contribution in [0.4, 0.5) is 23.7 Å². The van der Waals surface area contributed by atoms with E-state index in [4.69, 9.17) is 0 Å². The van der Waals surface area contributed by atoms with Crippen LogP contribution in [0.5, 0.6) is 0 Å². The van der Waals surface area contributed by atoms with Crippen LogP contribution in [0.25, 0.3) is 0 Å². The maximum Gasteiger partial charge on any atom is 0.416 e. The fourth-order valence-corrected chi connectivity index (χ4v) is 2.20. The zero-order chi connectivity index (χ0) is 16.2. The molecule has 0 atom stereocenters. The van der Waals surface area contributed by atoms with Crippen molar-refractivity contribution < 1.29 is 22.8 Å². The first-order chi connectivity index (χ1) is 10.4. The number of halogens is 3. The lowest BCUT2D eigenvalue weighted by atomic mass is 9.97. The Kier molecular flexibility index (Phi) is 5.02. The molecule has 0 bridgehead atoms. The van der Waals surface area contributed by atoms with Gasteiger partial charge in [-0.3, -0.25) is 10.1 Å². The molecule has 3 amide bonds. The highest BCUT2D eigenvalue weighted by Gasteiger charge is 2.30. The van der Waals surface area contributed by atoms with Gasteiger partial charge in [-0.25, -0.2) is 4.79 Å². The number of piperidine rings is 1. The summed E-state index contributed by atoms with van der Waals surface area (Å²) in [5.41, 5.74) is -0.618. The Balaban J connectivity index is 1.87. The van der Waals surface area contributed by atoms with Crippen molar-refractivity contribution >= 4 is 17.6 Å². The van der Waals surface area contributed by atoms with Crippen molar-refractivity contribution in [2.45, 2.75) is 19.0 Å². The van der Waals surface area contributed by atoms with E-state index < -0.39 is 17.8 Å². The van der Waals surface area contributed by atoms with Gasteiger partial charge in [0.1, 0.15) is 0 Å². The molecule has 1 heterocycles. The fourth-order valence-electron chi connectivity index (χ4n) is 2.20. The number of carbonyl (C=O) groups is 2. The normalized spacial score (nSPS) is 16.1. The van der Waals surface area contributed by atoms with E-state index >= 15 is 0 Å². The predicted octanol–water partition coefficient (Wildman–Crippen LogP) is 2.35. The topological polar surface area (TPSA) is 70.2 Å². The zero-order valence-electron chi connectivity index (χ0n) is 11.7. The molecule has 5 nitrogen and oxygen atoms in total. The van der Waals surface area contributed by atoms with E-state index in [9.17, 15) is 22.8 Å². The molecule has 1 aromatic carbocycles. The molecule has 0 unspecified atom stereocenters. The lowest BCUT2D eigenvalue weighted by Gasteiger charge is -2.21. The summed E-state index contributed by atoms with van der Waals surface area (Å²) in [7, 11) is 0. The smallest absolute Gasteiger partial charge is 0.317 e. The second kappa shape index (κ2) is 6.78. The van der Waals surface area contributed by atoms with Crippen molar-refractivity contribution in [2.24, 2.45) is 5.92 Å². The molecule has 0 spiro atoms. The van der Waals surface area contributed by atoms with Crippen LogP contribution in [0, 0.1) is 5.92 Å². The summed E-state index contributed by atoms with van der Waals surface area (Å²) in [5.74, 6) is -0.592. The van der Waals surface area contributed by atoms with Gasteiger partial charge in [0.05, 0.1) is 5.56 Å². The van der Waals surface area contributed by atoms with Crippen LogP contribution in [0.3, 0.4) is 0 Å². The van der Waals surface area contributed by atoms with E-state index in [1.54, 1.807) is 0 Å². The van der Waals surface area contributed by atoms with Gasteiger partial charge in [0, 0.05) is 11.6 Å². The van der Waals surface area contributed by atoms with Crippen LogP contribution in [0.15, 0.2) is 24.3 Å². The van der Waals surface area contributed by atoms with Crippen LogP contribution in [-0.2, 0) is 11.0 Å². The first-order valence-electron chi connectivity index (χ1n) is 6.86. The number of benzene rings is 1. The number of urea groups is 1. The molecule has 120 valence electrons. The largest absolute Gasteiger partial charge is 0.416 e. The third kappa shape index (κ3) is 4.45. The molecule has 8 heteroatoms. The summed E-state index contributed by atoms with van der Waals surface area (Å²) in [6, 6.07) is 3.26.